The van der Waals surface area contributed by atoms with Crippen LogP contribution in [0, 0.1) is 11.8 Å². The molecule has 0 aromatic heterocycles. The quantitative estimate of drug-likeness (QED) is 0.559. The maximum absolute atomic E-state index is 13.1. The zero-order chi connectivity index (χ0) is 21.9. The number of fused-ring (bicyclic) bond motifs is 1. The van der Waals surface area contributed by atoms with Crippen molar-refractivity contribution in [2.75, 3.05) is 13.7 Å². The highest BCUT2D eigenvalue weighted by molar-refractivity contribution is 5.78. The first-order valence-corrected chi connectivity index (χ1v) is 11.7. The molecule has 0 N–H and O–H groups in total. The minimum atomic E-state index is -0.230. The van der Waals surface area contributed by atoms with Gasteiger partial charge in [0.2, 0.25) is 5.91 Å². The highest BCUT2D eigenvalue weighted by atomic mass is 16.5. The van der Waals surface area contributed by atoms with E-state index in [1.54, 1.807) is 7.11 Å². The Morgan fingerprint density at radius 1 is 1.03 bits per heavy atom. The maximum atomic E-state index is 13.1. The van der Waals surface area contributed by atoms with Crippen molar-refractivity contribution in [2.24, 2.45) is 11.8 Å². The summed E-state index contributed by atoms with van der Waals surface area (Å²) in [7, 11) is 1.67. The van der Waals surface area contributed by atoms with Gasteiger partial charge in [0.1, 0.15) is 11.9 Å². The average Bonchev–Trinajstić information content (AvgIpc) is 3.62. The van der Waals surface area contributed by atoms with Gasteiger partial charge in [-0.2, -0.15) is 0 Å². The molecule has 4 nitrogen and oxygen atoms in total. The van der Waals surface area contributed by atoms with Gasteiger partial charge in [-0.25, -0.2) is 0 Å². The third-order valence-corrected chi connectivity index (χ3v) is 6.87. The molecule has 0 spiro atoms. The molecule has 0 bridgehead atoms. The number of amides is 1. The molecule has 1 saturated carbocycles. The van der Waals surface area contributed by atoms with Gasteiger partial charge >= 0.3 is 0 Å². The highest BCUT2D eigenvalue weighted by Crippen LogP contribution is 2.46. The molecule has 2 fully saturated rings. The van der Waals surface area contributed by atoms with Crippen LogP contribution in [-0.2, 0) is 16.1 Å². The van der Waals surface area contributed by atoms with E-state index in [1.807, 2.05) is 30.3 Å². The molecule has 166 valence electrons. The minimum absolute atomic E-state index is 0.110. The fourth-order valence-corrected chi connectivity index (χ4v) is 4.94. The fraction of sp³-hybridized carbons (Fsp3) is 0.393. The topological polar surface area (TPSA) is 38.8 Å². The Morgan fingerprint density at radius 2 is 1.84 bits per heavy atom. The molecule has 5 rings (SSSR count). The molecule has 0 radical (unpaired) electrons. The fourth-order valence-electron chi connectivity index (χ4n) is 4.94. The number of methoxy groups -OCH3 is 1. The number of benzene rings is 2. The predicted octanol–water partition coefficient (Wildman–Crippen LogP) is 5.47. The molecular formula is C28H31NO3. The van der Waals surface area contributed by atoms with Crippen LogP contribution in [0.25, 0.3) is 0 Å². The van der Waals surface area contributed by atoms with Crippen LogP contribution in [-0.4, -0.2) is 30.5 Å². The van der Waals surface area contributed by atoms with Gasteiger partial charge < -0.3 is 14.4 Å². The standard InChI is InChI=1S/C28H31NO3/c1-31-25-14-10-20(11-15-25)19-32-28(21-7-3-2-4-8-21)27(29-16-6-5-9-26(29)30)23-13-12-22-17-24(22)18-23/h2-4,7-8,10-15,18,22,24,27-28H,5-6,9,16-17,19H2,1H3/t22?,24?,27-,28+/m1/s1. The van der Waals surface area contributed by atoms with Crippen LogP contribution in [0.3, 0.4) is 0 Å². The summed E-state index contributed by atoms with van der Waals surface area (Å²) in [4.78, 5) is 15.1. The van der Waals surface area contributed by atoms with Gasteiger partial charge in [-0.3, -0.25) is 4.79 Å². The van der Waals surface area contributed by atoms with Crippen LogP contribution < -0.4 is 4.74 Å². The van der Waals surface area contributed by atoms with Crippen LogP contribution in [0.2, 0.25) is 0 Å². The number of allylic oxidation sites excluding steroid dienone is 2. The third kappa shape index (κ3) is 4.51. The van der Waals surface area contributed by atoms with Crippen molar-refractivity contribution in [3.05, 3.63) is 89.5 Å². The Kier molecular flexibility index (Phi) is 6.13. The first-order chi connectivity index (χ1) is 15.7. The van der Waals surface area contributed by atoms with Crippen LogP contribution in [0.15, 0.2) is 78.4 Å². The molecule has 2 aromatic rings. The minimum Gasteiger partial charge on any atom is -0.497 e. The molecule has 2 aromatic carbocycles. The summed E-state index contributed by atoms with van der Waals surface area (Å²) in [6, 6.07) is 18.3. The first-order valence-electron chi connectivity index (χ1n) is 11.7. The van der Waals surface area contributed by atoms with E-state index in [4.69, 9.17) is 9.47 Å². The molecule has 1 amide bonds. The third-order valence-electron chi connectivity index (χ3n) is 6.87. The Hall–Kier alpha value is -2.85. The number of likely N-dealkylation sites (tertiary alicyclic amines) is 1. The van der Waals surface area contributed by atoms with Crippen molar-refractivity contribution in [3.63, 3.8) is 0 Å². The van der Waals surface area contributed by atoms with E-state index in [-0.39, 0.29) is 18.1 Å². The summed E-state index contributed by atoms with van der Waals surface area (Å²) in [5, 5.41) is 0. The Bertz CT molecular complexity index is 995. The van der Waals surface area contributed by atoms with E-state index in [2.05, 4.69) is 47.4 Å². The zero-order valence-electron chi connectivity index (χ0n) is 18.7. The van der Waals surface area contributed by atoms with E-state index >= 15 is 0 Å². The second-order valence-electron chi connectivity index (χ2n) is 9.07. The van der Waals surface area contributed by atoms with E-state index in [0.29, 0.717) is 24.9 Å². The molecular weight excluding hydrogens is 398 g/mol. The molecule has 32 heavy (non-hydrogen) atoms. The highest BCUT2D eigenvalue weighted by Gasteiger charge is 2.41. The molecule has 1 saturated heterocycles. The molecule has 3 aliphatic rings. The van der Waals surface area contributed by atoms with E-state index < -0.39 is 0 Å². The van der Waals surface area contributed by atoms with Crippen molar-refractivity contribution in [2.45, 2.75) is 44.4 Å². The van der Waals surface area contributed by atoms with Crippen molar-refractivity contribution < 1.29 is 14.3 Å². The lowest BCUT2D eigenvalue weighted by Gasteiger charge is -2.40. The average molecular weight is 430 g/mol. The van der Waals surface area contributed by atoms with Crippen molar-refractivity contribution in [1.29, 1.82) is 0 Å². The SMILES string of the molecule is COc1ccc(CO[C@@H](c2ccccc2)[C@@H](C2=CC3CC3C=C2)N2CCCCC2=O)cc1. The van der Waals surface area contributed by atoms with Crippen LogP contribution in [0.5, 0.6) is 5.75 Å². The van der Waals surface area contributed by atoms with E-state index in [9.17, 15) is 4.79 Å². The Balaban J connectivity index is 1.48. The van der Waals surface area contributed by atoms with Crippen LogP contribution >= 0.6 is 0 Å². The summed E-state index contributed by atoms with van der Waals surface area (Å²) in [5.41, 5.74) is 3.42. The smallest absolute Gasteiger partial charge is 0.223 e. The lowest BCUT2D eigenvalue weighted by Crippen LogP contribution is -2.47. The van der Waals surface area contributed by atoms with E-state index in [1.165, 1.54) is 12.0 Å². The molecule has 1 aliphatic heterocycles. The normalized spacial score (nSPS) is 23.8. The predicted molar refractivity (Wildman–Crippen MR) is 125 cm³/mol. The van der Waals surface area contributed by atoms with Gasteiger partial charge in [-0.15, -0.1) is 0 Å². The van der Waals surface area contributed by atoms with Gasteiger partial charge in [-0.1, -0.05) is 60.7 Å². The lowest BCUT2D eigenvalue weighted by molar-refractivity contribution is -0.139. The number of piperidine rings is 1. The molecule has 1 heterocycles. The van der Waals surface area contributed by atoms with Gasteiger partial charge in [-0.05, 0) is 59.9 Å². The van der Waals surface area contributed by atoms with Gasteiger partial charge in [0.15, 0.2) is 0 Å². The number of carbonyl (C=O) groups is 1. The van der Waals surface area contributed by atoms with Gasteiger partial charge in [0, 0.05) is 13.0 Å². The largest absolute Gasteiger partial charge is 0.497 e. The van der Waals surface area contributed by atoms with Crippen LogP contribution in [0.4, 0.5) is 0 Å². The number of hydrogen-bond donors (Lipinski definition) is 0. The van der Waals surface area contributed by atoms with Gasteiger partial charge in [0.05, 0.1) is 19.8 Å². The summed E-state index contributed by atoms with van der Waals surface area (Å²) in [6.07, 6.45) is 10.6. The molecule has 2 unspecified atom stereocenters. The summed E-state index contributed by atoms with van der Waals surface area (Å²) >= 11 is 0. The monoisotopic (exact) mass is 429 g/mol. The Labute approximate surface area is 190 Å². The lowest BCUT2D eigenvalue weighted by atomic mass is 9.89. The zero-order valence-corrected chi connectivity index (χ0v) is 18.7. The first kappa shape index (κ1) is 21.0. The van der Waals surface area contributed by atoms with Crippen molar-refractivity contribution in [3.8, 4) is 5.75 Å². The summed E-state index contributed by atoms with van der Waals surface area (Å²) in [6.45, 7) is 1.27. The van der Waals surface area contributed by atoms with Gasteiger partial charge in [0.25, 0.3) is 0 Å². The number of hydrogen-bond acceptors (Lipinski definition) is 3. The second-order valence-corrected chi connectivity index (χ2v) is 9.07. The summed E-state index contributed by atoms with van der Waals surface area (Å²) < 4.78 is 11.9. The Morgan fingerprint density at radius 3 is 2.56 bits per heavy atom. The number of ether oxygens (including phenoxy) is 2. The van der Waals surface area contributed by atoms with Crippen molar-refractivity contribution >= 4 is 5.91 Å². The molecule has 2 aliphatic carbocycles. The molecule has 4 heteroatoms. The number of rotatable bonds is 8. The number of nitrogens with zero attached hydrogens (tertiary/aromatic N) is 1. The van der Waals surface area contributed by atoms with Crippen molar-refractivity contribution in [1.82, 2.24) is 4.90 Å². The summed E-state index contributed by atoms with van der Waals surface area (Å²) in [5.74, 6) is 2.38. The maximum Gasteiger partial charge on any atom is 0.223 e. The second kappa shape index (κ2) is 9.33. The number of carbonyl (C=O) groups excluding carboxylic acids is 1. The molecule has 4 atom stereocenters. The van der Waals surface area contributed by atoms with Crippen LogP contribution in [0.1, 0.15) is 42.9 Å². The van der Waals surface area contributed by atoms with E-state index in [0.717, 1.165) is 36.3 Å².